The molecule has 4 heterocycles. The Hall–Kier alpha value is -3.19. The number of benzene rings is 1. The number of fused-ring (bicyclic) bond motifs is 3. The predicted octanol–water partition coefficient (Wildman–Crippen LogP) is 3.30. The van der Waals surface area contributed by atoms with E-state index in [9.17, 15) is 4.79 Å². The lowest BCUT2D eigenvalue weighted by Crippen LogP contribution is -2.48. The van der Waals surface area contributed by atoms with Crippen molar-refractivity contribution < 1.29 is 4.79 Å². The van der Waals surface area contributed by atoms with Gasteiger partial charge in [-0.1, -0.05) is 17.7 Å². The molecule has 8 heteroatoms. The van der Waals surface area contributed by atoms with Crippen LogP contribution in [-0.4, -0.2) is 43.6 Å². The number of hydrogen-bond acceptors (Lipinski definition) is 5. The van der Waals surface area contributed by atoms with Gasteiger partial charge in [-0.05, 0) is 30.7 Å². The molecule has 0 unspecified atom stereocenters. The van der Waals surface area contributed by atoms with E-state index in [0.29, 0.717) is 35.0 Å². The van der Waals surface area contributed by atoms with Crippen LogP contribution in [0.2, 0.25) is 5.02 Å². The van der Waals surface area contributed by atoms with Crippen LogP contribution in [0, 0.1) is 6.92 Å². The lowest BCUT2D eigenvalue weighted by molar-refractivity contribution is 0.0599. The van der Waals surface area contributed by atoms with Crippen molar-refractivity contribution in [1.82, 2.24) is 24.6 Å². The van der Waals surface area contributed by atoms with E-state index in [4.69, 9.17) is 17.3 Å². The SMILES string of the molecule is Cc1ccc(C2CN(C(=O)c3cc4c(cc3Cl)nc(N)c3cnn(C)c34)C2)nc1. The van der Waals surface area contributed by atoms with Gasteiger partial charge in [-0.3, -0.25) is 14.5 Å². The molecule has 0 aliphatic carbocycles. The topological polar surface area (TPSA) is 89.9 Å². The highest BCUT2D eigenvalue weighted by molar-refractivity contribution is 6.35. The molecule has 0 atom stereocenters. The minimum atomic E-state index is -0.0904. The average Bonchev–Trinajstić information content (AvgIpc) is 3.04. The second-order valence-corrected chi connectivity index (χ2v) is 7.95. The van der Waals surface area contributed by atoms with Gasteiger partial charge in [0, 0.05) is 43.3 Å². The van der Waals surface area contributed by atoms with Crippen LogP contribution in [0.5, 0.6) is 0 Å². The molecule has 0 spiro atoms. The average molecular weight is 407 g/mol. The van der Waals surface area contributed by atoms with Crippen LogP contribution in [0.25, 0.3) is 21.8 Å². The van der Waals surface area contributed by atoms with Crippen molar-refractivity contribution in [3.05, 3.63) is 58.5 Å². The normalized spacial score (nSPS) is 14.5. The van der Waals surface area contributed by atoms with Gasteiger partial charge in [-0.25, -0.2) is 4.98 Å². The molecule has 146 valence electrons. The van der Waals surface area contributed by atoms with Crippen molar-refractivity contribution in [2.45, 2.75) is 12.8 Å². The van der Waals surface area contributed by atoms with Crippen LogP contribution < -0.4 is 5.73 Å². The Balaban J connectivity index is 1.48. The molecule has 3 aromatic heterocycles. The van der Waals surface area contributed by atoms with Crippen molar-refractivity contribution in [1.29, 1.82) is 0 Å². The van der Waals surface area contributed by atoms with E-state index in [-0.39, 0.29) is 11.8 Å². The fourth-order valence-electron chi connectivity index (χ4n) is 3.87. The van der Waals surface area contributed by atoms with Crippen molar-refractivity contribution in [2.24, 2.45) is 7.05 Å². The summed E-state index contributed by atoms with van der Waals surface area (Å²) in [6.45, 7) is 3.27. The number of nitrogens with two attached hydrogens (primary N) is 1. The van der Waals surface area contributed by atoms with Crippen molar-refractivity contribution in [3.63, 3.8) is 0 Å². The number of amides is 1. The van der Waals surface area contributed by atoms with Crippen molar-refractivity contribution in [2.75, 3.05) is 18.8 Å². The van der Waals surface area contributed by atoms with Gasteiger partial charge in [0.1, 0.15) is 5.82 Å². The van der Waals surface area contributed by atoms with Gasteiger partial charge in [-0.15, -0.1) is 0 Å². The molecule has 0 saturated carbocycles. The molecular weight excluding hydrogens is 388 g/mol. The smallest absolute Gasteiger partial charge is 0.255 e. The van der Waals surface area contributed by atoms with Crippen molar-refractivity contribution in [3.8, 4) is 0 Å². The maximum atomic E-state index is 13.1. The summed E-state index contributed by atoms with van der Waals surface area (Å²) in [5.74, 6) is 0.559. The fourth-order valence-corrected chi connectivity index (χ4v) is 4.10. The van der Waals surface area contributed by atoms with E-state index < -0.39 is 0 Å². The van der Waals surface area contributed by atoms with Gasteiger partial charge in [-0.2, -0.15) is 5.10 Å². The molecule has 1 aromatic carbocycles. The van der Waals surface area contributed by atoms with E-state index in [1.54, 1.807) is 27.9 Å². The zero-order chi connectivity index (χ0) is 20.3. The minimum absolute atomic E-state index is 0.0904. The summed E-state index contributed by atoms with van der Waals surface area (Å²) in [7, 11) is 1.84. The number of hydrogen-bond donors (Lipinski definition) is 1. The van der Waals surface area contributed by atoms with Gasteiger partial charge in [0.15, 0.2) is 0 Å². The summed E-state index contributed by atoms with van der Waals surface area (Å²) in [6, 6.07) is 7.57. The lowest BCUT2D eigenvalue weighted by Gasteiger charge is -2.39. The first-order valence-electron chi connectivity index (χ1n) is 9.34. The van der Waals surface area contributed by atoms with Crippen LogP contribution >= 0.6 is 11.6 Å². The maximum Gasteiger partial charge on any atom is 0.255 e. The molecule has 29 heavy (non-hydrogen) atoms. The molecule has 0 bridgehead atoms. The largest absolute Gasteiger partial charge is 0.383 e. The number of rotatable bonds is 2. The third-order valence-electron chi connectivity index (χ3n) is 5.55. The Morgan fingerprint density at radius 2 is 2.00 bits per heavy atom. The number of aryl methyl sites for hydroxylation is 2. The highest BCUT2D eigenvalue weighted by Gasteiger charge is 2.34. The highest BCUT2D eigenvalue weighted by Crippen LogP contribution is 2.33. The Morgan fingerprint density at radius 3 is 2.72 bits per heavy atom. The van der Waals surface area contributed by atoms with E-state index >= 15 is 0 Å². The second-order valence-electron chi connectivity index (χ2n) is 7.54. The quantitative estimate of drug-likeness (QED) is 0.551. The molecular formula is C21H19ClN6O. The highest BCUT2D eigenvalue weighted by atomic mass is 35.5. The number of anilines is 1. The summed E-state index contributed by atoms with van der Waals surface area (Å²) in [5, 5.41) is 6.21. The molecule has 1 fully saturated rings. The van der Waals surface area contributed by atoms with E-state index in [1.807, 2.05) is 32.3 Å². The number of pyridine rings is 2. The number of nitrogen functional groups attached to an aromatic ring is 1. The van der Waals surface area contributed by atoms with Crippen LogP contribution in [0.4, 0.5) is 5.82 Å². The first-order valence-corrected chi connectivity index (χ1v) is 9.72. The minimum Gasteiger partial charge on any atom is -0.383 e. The van der Waals surface area contributed by atoms with Crippen molar-refractivity contribution >= 4 is 45.1 Å². The van der Waals surface area contributed by atoms with E-state index in [1.165, 1.54) is 0 Å². The molecule has 2 N–H and O–H groups in total. The van der Waals surface area contributed by atoms with Crippen LogP contribution in [0.1, 0.15) is 27.5 Å². The second kappa shape index (κ2) is 6.42. The van der Waals surface area contributed by atoms with Gasteiger partial charge in [0.2, 0.25) is 0 Å². The summed E-state index contributed by atoms with van der Waals surface area (Å²) < 4.78 is 1.74. The number of carbonyl (C=O) groups is 1. The lowest BCUT2D eigenvalue weighted by atomic mass is 9.94. The molecule has 1 saturated heterocycles. The zero-order valence-corrected chi connectivity index (χ0v) is 16.8. The zero-order valence-electron chi connectivity index (χ0n) is 16.1. The summed E-state index contributed by atoms with van der Waals surface area (Å²) in [4.78, 5) is 23.8. The summed E-state index contributed by atoms with van der Waals surface area (Å²) in [5.41, 5.74) is 10.1. The van der Waals surface area contributed by atoms with E-state index in [2.05, 4.69) is 15.1 Å². The number of aromatic nitrogens is 4. The number of halogens is 1. The summed E-state index contributed by atoms with van der Waals surface area (Å²) in [6.07, 6.45) is 3.54. The Morgan fingerprint density at radius 1 is 1.21 bits per heavy atom. The molecule has 1 aliphatic heterocycles. The monoisotopic (exact) mass is 406 g/mol. The van der Waals surface area contributed by atoms with E-state index in [0.717, 1.165) is 27.5 Å². The standard InChI is InChI=1S/C21H19ClN6O/c1-11-3-4-17(24-7-11)12-9-28(10-12)21(29)13-5-14-18(6-16(13)22)26-20(23)15-8-25-27(2)19(14)15/h3-8,12H,9-10H2,1-2H3,(H2,23,26). The number of carbonyl (C=O) groups excluding carboxylic acids is 1. The first kappa shape index (κ1) is 17.9. The molecule has 5 rings (SSSR count). The molecule has 1 aliphatic rings. The van der Waals surface area contributed by atoms with Crippen LogP contribution in [-0.2, 0) is 7.05 Å². The van der Waals surface area contributed by atoms with Gasteiger partial charge < -0.3 is 10.6 Å². The van der Waals surface area contributed by atoms with Crippen LogP contribution in [0.15, 0.2) is 36.7 Å². The Kier molecular flexibility index (Phi) is 3.96. The first-order chi connectivity index (χ1) is 13.9. The van der Waals surface area contributed by atoms with Gasteiger partial charge >= 0.3 is 0 Å². The van der Waals surface area contributed by atoms with Gasteiger partial charge in [0.05, 0.1) is 33.2 Å². The molecule has 0 radical (unpaired) electrons. The summed E-state index contributed by atoms with van der Waals surface area (Å²) >= 11 is 6.45. The molecule has 4 aromatic rings. The Labute approximate surface area is 172 Å². The fraction of sp³-hybridized carbons (Fsp3) is 0.238. The third kappa shape index (κ3) is 2.81. The van der Waals surface area contributed by atoms with Crippen LogP contribution in [0.3, 0.4) is 0 Å². The molecule has 7 nitrogen and oxygen atoms in total. The molecule has 1 amide bonds. The van der Waals surface area contributed by atoms with Gasteiger partial charge in [0.25, 0.3) is 5.91 Å². The predicted molar refractivity (Wildman–Crippen MR) is 113 cm³/mol. The maximum absolute atomic E-state index is 13.1. The number of likely N-dealkylation sites (tertiary alicyclic amines) is 1. The Bertz CT molecular complexity index is 1270. The number of nitrogens with zero attached hydrogens (tertiary/aromatic N) is 5. The third-order valence-corrected chi connectivity index (χ3v) is 5.86.